The van der Waals surface area contributed by atoms with Crippen molar-refractivity contribution in [2.45, 2.75) is 58.5 Å². The average molecular weight is 488 g/mol. The van der Waals surface area contributed by atoms with Gasteiger partial charge in [-0.15, -0.1) is 0 Å². The molecule has 36 heavy (non-hydrogen) atoms. The number of hydrogen-bond acceptors (Lipinski definition) is 3. The lowest BCUT2D eigenvalue weighted by molar-refractivity contribution is 0.0566. The van der Waals surface area contributed by atoms with Crippen molar-refractivity contribution < 1.29 is 13.9 Å². The van der Waals surface area contributed by atoms with E-state index in [1.54, 1.807) is 12.1 Å². The second-order valence-corrected chi connectivity index (χ2v) is 9.02. The summed E-state index contributed by atoms with van der Waals surface area (Å²) in [5, 5.41) is 0. The molecule has 1 aromatic heterocycles. The monoisotopic (exact) mass is 487 g/mol. The van der Waals surface area contributed by atoms with Gasteiger partial charge in [-0.1, -0.05) is 81.0 Å². The third-order valence-corrected chi connectivity index (χ3v) is 6.03. The molecule has 0 radical (unpaired) electrons. The zero-order valence-corrected chi connectivity index (χ0v) is 21.6. The lowest BCUT2D eigenvalue weighted by Crippen LogP contribution is -2.08. The van der Waals surface area contributed by atoms with Crippen LogP contribution in [0, 0.1) is 5.82 Å². The second-order valence-electron chi connectivity index (χ2n) is 9.02. The molecule has 1 unspecified atom stereocenters. The number of aromatic nitrogens is 1. The molecule has 0 spiro atoms. The van der Waals surface area contributed by atoms with Crippen molar-refractivity contribution >= 4 is 6.08 Å². The minimum Gasteiger partial charge on any atom is -0.486 e. The Labute approximate surface area is 215 Å². The van der Waals surface area contributed by atoms with Gasteiger partial charge in [0, 0.05) is 18.4 Å². The topological polar surface area (TPSA) is 31.4 Å². The average Bonchev–Trinajstić information content (AvgIpc) is 2.91. The molecule has 3 rings (SSSR count). The lowest BCUT2D eigenvalue weighted by Gasteiger charge is -2.11. The maximum Gasteiger partial charge on any atom is 0.165 e. The third-order valence-electron chi connectivity index (χ3n) is 6.03. The second kappa shape index (κ2) is 15.0. The summed E-state index contributed by atoms with van der Waals surface area (Å²) >= 11 is 0. The summed E-state index contributed by atoms with van der Waals surface area (Å²) in [6, 6.07) is 17.1. The predicted molar refractivity (Wildman–Crippen MR) is 149 cm³/mol. The highest BCUT2D eigenvalue weighted by atomic mass is 19.1. The largest absolute Gasteiger partial charge is 0.486 e. The SMILES string of the molecule is C=CCOc1ccc(-c2ccc(-c3ccc(/C=C/CCCC(C)OCCCCC)cn3)cc2)cc1F. The quantitative estimate of drug-likeness (QED) is 0.158. The van der Waals surface area contributed by atoms with Crippen LogP contribution in [0.25, 0.3) is 28.5 Å². The van der Waals surface area contributed by atoms with E-state index in [9.17, 15) is 4.39 Å². The van der Waals surface area contributed by atoms with E-state index in [4.69, 9.17) is 9.47 Å². The molecule has 0 fully saturated rings. The van der Waals surface area contributed by atoms with E-state index in [1.807, 2.05) is 42.6 Å². The molecule has 0 N–H and O–H groups in total. The minimum absolute atomic E-state index is 0.231. The molecule has 0 amide bonds. The number of hydrogen-bond donors (Lipinski definition) is 0. The Morgan fingerprint density at radius 2 is 1.75 bits per heavy atom. The van der Waals surface area contributed by atoms with Crippen molar-refractivity contribution in [3.63, 3.8) is 0 Å². The summed E-state index contributed by atoms with van der Waals surface area (Å²) in [6.45, 7) is 9.12. The van der Waals surface area contributed by atoms with Crippen LogP contribution in [-0.2, 0) is 4.74 Å². The highest BCUT2D eigenvalue weighted by Gasteiger charge is 2.07. The molecule has 3 nitrogen and oxygen atoms in total. The van der Waals surface area contributed by atoms with Crippen LogP contribution in [0.3, 0.4) is 0 Å². The van der Waals surface area contributed by atoms with Crippen molar-refractivity contribution in [3.05, 3.63) is 90.9 Å². The number of halogens is 1. The first-order chi connectivity index (χ1) is 17.6. The van der Waals surface area contributed by atoms with E-state index in [0.29, 0.717) is 6.10 Å². The van der Waals surface area contributed by atoms with E-state index >= 15 is 0 Å². The molecular weight excluding hydrogens is 449 g/mol. The Bertz CT molecular complexity index is 1090. The molecule has 0 aliphatic carbocycles. The Balaban J connectivity index is 1.49. The molecule has 1 atom stereocenters. The van der Waals surface area contributed by atoms with Crippen LogP contribution < -0.4 is 4.74 Å². The van der Waals surface area contributed by atoms with Crippen molar-refractivity contribution in [1.82, 2.24) is 4.98 Å². The maximum atomic E-state index is 14.3. The summed E-state index contributed by atoms with van der Waals surface area (Å²) in [6.07, 6.45) is 15.0. The first-order valence-corrected chi connectivity index (χ1v) is 13.0. The summed E-state index contributed by atoms with van der Waals surface area (Å²) in [5.74, 6) is -0.149. The van der Waals surface area contributed by atoms with Crippen LogP contribution >= 0.6 is 0 Å². The fourth-order valence-electron chi connectivity index (χ4n) is 3.92. The Hall–Kier alpha value is -3.24. The molecule has 0 saturated heterocycles. The molecule has 3 aromatic rings. The molecule has 0 bridgehead atoms. The summed E-state index contributed by atoms with van der Waals surface area (Å²) in [7, 11) is 0. The van der Waals surface area contributed by atoms with Gasteiger partial charge in [-0.05, 0) is 67.5 Å². The molecule has 1 heterocycles. The van der Waals surface area contributed by atoms with Gasteiger partial charge in [-0.3, -0.25) is 4.98 Å². The van der Waals surface area contributed by atoms with Crippen molar-refractivity contribution in [2.75, 3.05) is 13.2 Å². The fourth-order valence-corrected chi connectivity index (χ4v) is 3.92. The summed E-state index contributed by atoms with van der Waals surface area (Å²) in [4.78, 5) is 4.63. The molecular formula is C32H38FNO2. The molecule has 2 aromatic carbocycles. The van der Waals surface area contributed by atoms with Gasteiger partial charge >= 0.3 is 0 Å². The predicted octanol–water partition coefficient (Wildman–Crippen LogP) is 8.90. The first-order valence-electron chi connectivity index (χ1n) is 13.0. The van der Waals surface area contributed by atoms with E-state index in [1.165, 1.54) is 18.9 Å². The number of nitrogens with zero attached hydrogens (tertiary/aromatic N) is 1. The number of rotatable bonds is 15. The Kier molecular flexibility index (Phi) is 11.4. The third kappa shape index (κ3) is 8.76. The molecule has 4 heteroatoms. The van der Waals surface area contributed by atoms with Crippen LogP contribution in [0.1, 0.15) is 57.9 Å². The minimum atomic E-state index is -0.381. The van der Waals surface area contributed by atoms with Gasteiger partial charge < -0.3 is 9.47 Å². The zero-order chi connectivity index (χ0) is 25.6. The van der Waals surface area contributed by atoms with Crippen molar-refractivity contribution in [2.24, 2.45) is 0 Å². The smallest absolute Gasteiger partial charge is 0.165 e. The van der Waals surface area contributed by atoms with Gasteiger partial charge in [0.2, 0.25) is 0 Å². The van der Waals surface area contributed by atoms with Gasteiger partial charge in [-0.25, -0.2) is 4.39 Å². The molecule has 0 aliphatic rings. The lowest BCUT2D eigenvalue weighted by atomic mass is 10.0. The van der Waals surface area contributed by atoms with E-state index in [2.05, 4.69) is 43.6 Å². The van der Waals surface area contributed by atoms with E-state index < -0.39 is 0 Å². The van der Waals surface area contributed by atoms with Crippen LogP contribution in [0.2, 0.25) is 0 Å². The van der Waals surface area contributed by atoms with Crippen LogP contribution in [0.15, 0.2) is 79.5 Å². The first kappa shape index (κ1) is 27.3. The molecule has 0 aliphatic heterocycles. The van der Waals surface area contributed by atoms with Gasteiger partial charge in [0.05, 0.1) is 11.8 Å². The standard InChI is InChI=1S/C32H38FNO2/c1-4-6-10-22-35-25(3)11-8-7-9-12-26-13-19-31(34-24-26)28-16-14-27(15-17-28)29-18-20-32(30(33)23-29)36-21-5-2/h5,9,12-20,23-25H,2,4,6-8,10-11,21-22H2,1,3H3/b12-9+. The molecule has 190 valence electrons. The number of ether oxygens (including phenoxy) is 2. The van der Waals surface area contributed by atoms with Gasteiger partial charge in [0.15, 0.2) is 11.6 Å². The molecule has 0 saturated carbocycles. The zero-order valence-electron chi connectivity index (χ0n) is 21.6. The van der Waals surface area contributed by atoms with Crippen LogP contribution in [-0.4, -0.2) is 24.3 Å². The number of unbranched alkanes of at least 4 members (excludes halogenated alkanes) is 3. The van der Waals surface area contributed by atoms with Crippen LogP contribution in [0.4, 0.5) is 4.39 Å². The van der Waals surface area contributed by atoms with Gasteiger partial charge in [0.1, 0.15) is 6.61 Å². The normalized spacial score (nSPS) is 12.1. The van der Waals surface area contributed by atoms with Gasteiger partial charge in [0.25, 0.3) is 0 Å². The Morgan fingerprint density at radius 1 is 0.972 bits per heavy atom. The number of pyridine rings is 1. The highest BCUT2D eigenvalue weighted by Crippen LogP contribution is 2.28. The van der Waals surface area contributed by atoms with E-state index in [-0.39, 0.29) is 18.2 Å². The maximum absolute atomic E-state index is 14.3. The van der Waals surface area contributed by atoms with Crippen molar-refractivity contribution in [3.8, 4) is 28.1 Å². The fraction of sp³-hybridized carbons (Fsp3) is 0.344. The Morgan fingerprint density at radius 3 is 2.44 bits per heavy atom. The summed E-state index contributed by atoms with van der Waals surface area (Å²) in [5.41, 5.74) is 4.76. The highest BCUT2D eigenvalue weighted by molar-refractivity contribution is 5.69. The van der Waals surface area contributed by atoms with E-state index in [0.717, 1.165) is 60.2 Å². The van der Waals surface area contributed by atoms with Crippen LogP contribution in [0.5, 0.6) is 5.75 Å². The summed E-state index contributed by atoms with van der Waals surface area (Å²) < 4.78 is 25.5. The number of benzene rings is 2. The van der Waals surface area contributed by atoms with Crippen molar-refractivity contribution in [1.29, 1.82) is 0 Å². The van der Waals surface area contributed by atoms with Gasteiger partial charge in [-0.2, -0.15) is 0 Å². The number of allylic oxidation sites excluding steroid dienone is 1.